The first-order valence-corrected chi connectivity index (χ1v) is 38.7. The summed E-state index contributed by atoms with van der Waals surface area (Å²) >= 11 is 0. The van der Waals surface area contributed by atoms with Gasteiger partial charge in [0.25, 0.3) is 0 Å². The van der Waals surface area contributed by atoms with Crippen LogP contribution in [0.25, 0.3) is 45.3 Å². The van der Waals surface area contributed by atoms with E-state index in [4.69, 9.17) is 55.5 Å². The van der Waals surface area contributed by atoms with Crippen LogP contribution in [0, 0.1) is 55.4 Å². The maximum atomic E-state index is 12.0. The topological polar surface area (TPSA) is 308 Å². The second kappa shape index (κ2) is 35.1. The molecule has 4 aromatic carbocycles. The Morgan fingerprint density at radius 2 is 0.730 bits per heavy atom. The third kappa shape index (κ3) is 17.5. The van der Waals surface area contributed by atoms with E-state index in [1.54, 1.807) is 52.7 Å². The minimum atomic E-state index is -0.471. The Morgan fingerprint density at radius 1 is 0.400 bits per heavy atom. The number of aliphatic hydroxyl groups is 1. The molecular formula is C88H95N21O6. The highest BCUT2D eigenvalue weighted by atomic mass is 16.5. The van der Waals surface area contributed by atoms with Gasteiger partial charge >= 0.3 is 11.9 Å². The van der Waals surface area contributed by atoms with Gasteiger partial charge in [0, 0.05) is 118 Å². The number of fused-ring (bicyclic) bond motifs is 4. The van der Waals surface area contributed by atoms with Crippen LogP contribution in [-0.4, -0.2) is 134 Å². The standard InChI is InChI=1S/C23H26N6O2.C23H25N5O2.C21H23N5O.C21H21N5O/c1-5-20-18(22-26-14(3)11-15(4)28(22)27-20)12-16-7-9-17(10-8-16)29-21(24)19(13-25-29)23(30)31-6-2;1-5-21-20(22-25-15(3)11-16(4)28(22)26-21)12-17-7-9-19(10-8-17)27-14-18(13-24-27)23(29)30-6-2;2*1-4-20-19(21-23-14(2)9-15(3)26(21)24-20)10-16-5-7-18(8-6-16)25-12-17(13-27)11-22-25/h7-11,13H,5-6,12,24H2,1-4H3;7-11,13-14H,5-6,12H2,1-4H3;5-9,11-12,27H,4,10,13H2,1-3H3;5-9,11-13H,4,10H2,1-3H3. The molecule has 0 aliphatic carbocycles. The van der Waals surface area contributed by atoms with E-state index < -0.39 is 5.97 Å². The average Bonchev–Trinajstić information content (AvgIpc) is 1.65. The third-order valence-electron chi connectivity index (χ3n) is 19.9. The molecule has 0 saturated carbocycles. The predicted molar refractivity (Wildman–Crippen MR) is 440 cm³/mol. The Labute approximate surface area is 666 Å². The highest BCUT2D eigenvalue weighted by Gasteiger charge is 2.23. The van der Waals surface area contributed by atoms with E-state index >= 15 is 0 Å². The van der Waals surface area contributed by atoms with Crippen molar-refractivity contribution in [3.8, 4) is 22.7 Å². The van der Waals surface area contributed by atoms with Crippen LogP contribution in [0.15, 0.2) is 165 Å². The lowest BCUT2D eigenvalue weighted by Gasteiger charge is -2.08. The summed E-state index contributed by atoms with van der Waals surface area (Å²) in [5.41, 5.74) is 37.5. The van der Waals surface area contributed by atoms with Crippen LogP contribution in [0.3, 0.4) is 0 Å². The van der Waals surface area contributed by atoms with Crippen LogP contribution in [-0.2, 0) is 67.4 Å². The number of nitrogens with zero attached hydrogens (tertiary/aromatic N) is 20. The highest BCUT2D eigenvalue weighted by Crippen LogP contribution is 2.29. The molecule has 115 heavy (non-hydrogen) atoms. The monoisotopic (exact) mass is 1540 g/mol. The molecule has 27 heteroatoms. The first kappa shape index (κ1) is 79.6. The number of aliphatic hydroxyl groups excluding tert-OH is 1. The van der Waals surface area contributed by atoms with Crippen LogP contribution < -0.4 is 5.73 Å². The normalized spacial score (nSPS) is 11.3. The van der Waals surface area contributed by atoms with Gasteiger partial charge in [-0.3, -0.25) is 4.79 Å². The number of carbonyl (C=O) groups excluding carboxylic acids is 3. The van der Waals surface area contributed by atoms with Crippen molar-refractivity contribution in [2.75, 3.05) is 18.9 Å². The molecule has 0 atom stereocenters. The number of aromatic nitrogens is 20. The first-order valence-electron chi connectivity index (χ1n) is 38.7. The molecule has 27 nitrogen and oxygen atoms in total. The first-order chi connectivity index (χ1) is 55.6. The number of esters is 2. The van der Waals surface area contributed by atoms with Crippen LogP contribution >= 0.6 is 0 Å². The zero-order valence-corrected chi connectivity index (χ0v) is 67.5. The van der Waals surface area contributed by atoms with Crippen molar-refractivity contribution in [1.29, 1.82) is 0 Å². The Morgan fingerprint density at radius 3 is 1.06 bits per heavy atom. The van der Waals surface area contributed by atoms with Crippen LogP contribution in [0.2, 0.25) is 0 Å². The largest absolute Gasteiger partial charge is 0.462 e. The van der Waals surface area contributed by atoms with E-state index in [9.17, 15) is 19.5 Å². The molecule has 12 aromatic heterocycles. The second-order valence-electron chi connectivity index (χ2n) is 28.3. The molecule has 0 bridgehead atoms. The van der Waals surface area contributed by atoms with Gasteiger partial charge in [0.05, 0.1) is 101 Å². The number of rotatable bonds is 22. The van der Waals surface area contributed by atoms with Crippen molar-refractivity contribution in [2.24, 2.45) is 0 Å². The van der Waals surface area contributed by atoms with Crippen molar-refractivity contribution in [2.45, 2.75) is 155 Å². The molecule has 0 unspecified atom stereocenters. The molecule has 0 saturated heterocycles. The number of nitrogens with two attached hydrogens (primary N) is 1. The molecule has 16 aromatic rings. The minimum absolute atomic E-state index is 0.00155. The third-order valence-corrected chi connectivity index (χ3v) is 19.9. The van der Waals surface area contributed by atoms with Crippen molar-refractivity contribution >= 4 is 46.6 Å². The van der Waals surface area contributed by atoms with Gasteiger partial charge in [-0.05, 0) is 190 Å². The predicted octanol–water partition coefficient (Wildman–Crippen LogP) is 14.0. The van der Waals surface area contributed by atoms with Crippen LogP contribution in [0.4, 0.5) is 5.82 Å². The quantitative estimate of drug-likeness (QED) is 0.0470. The Hall–Kier alpha value is -13.4. The summed E-state index contributed by atoms with van der Waals surface area (Å²) in [6.07, 6.45) is 18.8. The number of anilines is 1. The number of hydrogen-bond acceptors (Lipinski definition) is 19. The van der Waals surface area contributed by atoms with Crippen LogP contribution in [0.1, 0.15) is 191 Å². The Bertz CT molecular complexity index is 6170. The fraction of sp³-hybridized carbons (Fsp3) is 0.284. The Kier molecular flexibility index (Phi) is 24.3. The zero-order valence-electron chi connectivity index (χ0n) is 67.5. The lowest BCUT2D eigenvalue weighted by molar-refractivity contribution is 0.0517. The average molecular weight is 1540 g/mol. The van der Waals surface area contributed by atoms with Gasteiger partial charge < -0.3 is 20.3 Å². The zero-order chi connectivity index (χ0) is 81.3. The van der Waals surface area contributed by atoms with Crippen molar-refractivity contribution < 1.29 is 29.0 Å². The van der Waals surface area contributed by atoms with E-state index in [0.29, 0.717) is 17.7 Å². The molecule has 0 spiro atoms. The van der Waals surface area contributed by atoms with Gasteiger partial charge in [0.15, 0.2) is 28.9 Å². The molecule has 0 amide bonds. The number of aryl methyl sites for hydroxylation is 12. The second-order valence-corrected chi connectivity index (χ2v) is 28.3. The van der Waals surface area contributed by atoms with E-state index in [-0.39, 0.29) is 30.6 Å². The minimum Gasteiger partial charge on any atom is -0.462 e. The summed E-state index contributed by atoms with van der Waals surface area (Å²) < 4.78 is 24.5. The van der Waals surface area contributed by atoms with E-state index in [2.05, 4.69) is 117 Å². The molecule has 0 radical (unpaired) electrons. The highest BCUT2D eigenvalue weighted by molar-refractivity contribution is 5.94. The van der Waals surface area contributed by atoms with E-state index in [1.165, 1.54) is 50.5 Å². The van der Waals surface area contributed by atoms with E-state index in [1.807, 2.05) is 132 Å². The number of hydrogen-bond donors (Lipinski definition) is 2. The summed E-state index contributed by atoms with van der Waals surface area (Å²) in [6.45, 7) is 28.9. The maximum Gasteiger partial charge on any atom is 0.343 e. The number of ether oxygens (including phenoxy) is 2. The number of aldehydes is 1. The summed E-state index contributed by atoms with van der Waals surface area (Å²) in [5.74, 6) is -0.572. The molecule has 0 aliphatic rings. The van der Waals surface area contributed by atoms with Gasteiger partial charge in [0.1, 0.15) is 11.4 Å². The van der Waals surface area contributed by atoms with E-state index in [0.717, 1.165) is 188 Å². The number of benzene rings is 4. The lowest BCUT2D eigenvalue weighted by Crippen LogP contribution is -2.09. The summed E-state index contributed by atoms with van der Waals surface area (Å²) in [7, 11) is 0. The molecule has 3 N–H and O–H groups in total. The molecule has 588 valence electrons. The number of carbonyl (C=O) groups is 3. The SMILES string of the molecule is CCOC(=O)c1cnn(-c2ccc(Cc3c(CC)nn4c(C)cc(C)nc34)cc2)c1.CCOC(=O)c1cnn(-c2ccc(Cc3c(CC)nn4c(C)cc(C)nc34)cc2)c1N.CCc1nn2c(C)cc(C)nc2c1Cc1ccc(-n2cc(C=O)cn2)cc1.CCc1nn2c(C)cc(C)nc2c1Cc1ccc(-n2cc(CO)cn2)cc1. The van der Waals surface area contributed by atoms with Crippen molar-refractivity contribution in [3.05, 3.63) is 300 Å². The summed E-state index contributed by atoms with van der Waals surface area (Å²) in [4.78, 5) is 53.6. The van der Waals surface area contributed by atoms with Crippen molar-refractivity contribution in [3.63, 3.8) is 0 Å². The smallest absolute Gasteiger partial charge is 0.343 e. The molecular weight excluding hydrogens is 1450 g/mol. The lowest BCUT2D eigenvalue weighted by atomic mass is 10.0. The molecule has 0 fully saturated rings. The fourth-order valence-electron chi connectivity index (χ4n) is 14.2. The van der Waals surface area contributed by atoms with Gasteiger partial charge in [-0.1, -0.05) is 76.2 Å². The number of nitrogen functional groups attached to an aromatic ring is 1. The van der Waals surface area contributed by atoms with Crippen LogP contribution in [0.5, 0.6) is 0 Å². The molecule has 12 heterocycles. The molecule has 16 rings (SSSR count). The summed E-state index contributed by atoms with van der Waals surface area (Å²) in [5, 5.41) is 45.3. The summed E-state index contributed by atoms with van der Waals surface area (Å²) in [6, 6.07) is 40.8. The molecule has 0 aliphatic heterocycles. The van der Waals surface area contributed by atoms with Gasteiger partial charge in [-0.15, -0.1) is 0 Å². The van der Waals surface area contributed by atoms with Gasteiger partial charge in [-0.2, -0.15) is 40.8 Å². The fourth-order valence-corrected chi connectivity index (χ4v) is 14.2. The van der Waals surface area contributed by atoms with Gasteiger partial charge in [-0.25, -0.2) is 66.3 Å². The maximum absolute atomic E-state index is 12.0. The van der Waals surface area contributed by atoms with Crippen molar-refractivity contribution in [1.82, 2.24) is 97.5 Å². The van der Waals surface area contributed by atoms with Gasteiger partial charge in [0.2, 0.25) is 0 Å². The Balaban J connectivity index is 0.000000134.